The number of aromatic nitrogens is 3. The predicted octanol–water partition coefficient (Wildman–Crippen LogP) is 3.13. The first-order valence-electron chi connectivity index (χ1n) is 11.1. The lowest BCUT2D eigenvalue weighted by atomic mass is 10.1. The van der Waals surface area contributed by atoms with Crippen molar-refractivity contribution in [1.82, 2.24) is 19.7 Å². The Balaban J connectivity index is 1.38. The number of likely N-dealkylation sites (tertiary alicyclic amines) is 1. The van der Waals surface area contributed by atoms with Crippen molar-refractivity contribution in [3.63, 3.8) is 0 Å². The van der Waals surface area contributed by atoms with Crippen LogP contribution >= 0.6 is 11.8 Å². The van der Waals surface area contributed by atoms with Crippen LogP contribution in [0.25, 0.3) is 0 Å². The topological polar surface area (TPSA) is 103 Å². The fourth-order valence-electron chi connectivity index (χ4n) is 3.80. The van der Waals surface area contributed by atoms with Gasteiger partial charge in [-0.15, -0.1) is 10.2 Å². The number of sulfonamides is 1. The number of primary sulfonamides is 1. The molecule has 1 aromatic heterocycles. The summed E-state index contributed by atoms with van der Waals surface area (Å²) in [5.41, 5.74) is 1.21. The lowest BCUT2D eigenvalue weighted by Crippen LogP contribution is -2.30. The molecular formula is C23H29N5O3S2. The average molecular weight is 488 g/mol. The van der Waals surface area contributed by atoms with Gasteiger partial charge in [0.15, 0.2) is 5.16 Å². The van der Waals surface area contributed by atoms with Crippen molar-refractivity contribution in [3.8, 4) is 5.75 Å². The van der Waals surface area contributed by atoms with Crippen molar-refractivity contribution in [2.75, 3.05) is 25.4 Å². The van der Waals surface area contributed by atoms with Crippen LogP contribution in [0.15, 0.2) is 64.6 Å². The van der Waals surface area contributed by atoms with Crippen LogP contribution in [-0.2, 0) is 23.1 Å². The maximum Gasteiger partial charge on any atom is 0.238 e. The SMILES string of the molecule is NS(=O)(=O)c1ccc(OCCSc2nnc(CN3CCCCC3)n2Cc2ccccc2)cc1. The zero-order chi connectivity index (χ0) is 23.1. The Labute approximate surface area is 199 Å². The molecule has 2 aromatic carbocycles. The third-order valence-corrected chi connectivity index (χ3v) is 7.39. The van der Waals surface area contributed by atoms with Gasteiger partial charge in [-0.1, -0.05) is 48.5 Å². The highest BCUT2D eigenvalue weighted by atomic mass is 32.2. The molecule has 4 rings (SSSR count). The van der Waals surface area contributed by atoms with E-state index in [1.54, 1.807) is 23.9 Å². The largest absolute Gasteiger partial charge is 0.493 e. The summed E-state index contributed by atoms with van der Waals surface area (Å²) in [6.07, 6.45) is 3.78. The number of piperidine rings is 1. The zero-order valence-electron chi connectivity index (χ0n) is 18.5. The Morgan fingerprint density at radius 1 is 0.939 bits per heavy atom. The molecule has 2 N–H and O–H groups in total. The molecule has 8 nitrogen and oxygen atoms in total. The van der Waals surface area contributed by atoms with E-state index in [-0.39, 0.29) is 4.90 Å². The Kier molecular flexibility index (Phi) is 8.02. The summed E-state index contributed by atoms with van der Waals surface area (Å²) in [6.45, 7) is 4.22. The molecule has 0 unspecified atom stereocenters. The number of nitrogens with zero attached hydrogens (tertiary/aromatic N) is 4. The number of benzene rings is 2. The maximum absolute atomic E-state index is 11.4. The molecule has 2 heterocycles. The van der Waals surface area contributed by atoms with Gasteiger partial charge in [-0.05, 0) is 55.8 Å². The van der Waals surface area contributed by atoms with Crippen LogP contribution in [0.4, 0.5) is 0 Å². The van der Waals surface area contributed by atoms with Gasteiger partial charge in [0.1, 0.15) is 11.6 Å². The van der Waals surface area contributed by atoms with Crippen molar-refractivity contribution < 1.29 is 13.2 Å². The van der Waals surface area contributed by atoms with Gasteiger partial charge < -0.3 is 9.30 Å². The first-order valence-corrected chi connectivity index (χ1v) is 13.6. The zero-order valence-corrected chi connectivity index (χ0v) is 20.1. The lowest BCUT2D eigenvalue weighted by Gasteiger charge is -2.26. The van der Waals surface area contributed by atoms with Crippen LogP contribution in [0.2, 0.25) is 0 Å². The van der Waals surface area contributed by atoms with E-state index in [4.69, 9.17) is 9.88 Å². The Bertz CT molecular complexity index is 1130. The Morgan fingerprint density at radius 3 is 2.36 bits per heavy atom. The van der Waals surface area contributed by atoms with E-state index in [0.717, 1.165) is 37.2 Å². The molecule has 1 fully saturated rings. The number of hydrogen-bond donors (Lipinski definition) is 1. The van der Waals surface area contributed by atoms with Crippen molar-refractivity contribution in [2.45, 2.75) is 42.4 Å². The highest BCUT2D eigenvalue weighted by Gasteiger charge is 2.18. The molecular weight excluding hydrogens is 458 g/mol. The number of ether oxygens (including phenoxy) is 1. The van der Waals surface area contributed by atoms with Crippen molar-refractivity contribution >= 4 is 21.8 Å². The smallest absolute Gasteiger partial charge is 0.238 e. The van der Waals surface area contributed by atoms with Crippen LogP contribution in [-0.4, -0.2) is 53.5 Å². The standard InChI is InChI=1S/C23H29N5O3S2/c24-33(29,30)21-11-9-20(10-12-21)31-15-16-32-23-26-25-22(18-27-13-5-2-6-14-27)28(23)17-19-7-3-1-4-8-19/h1,3-4,7-12H,2,5-6,13-18H2,(H2,24,29,30). The molecule has 10 heteroatoms. The first kappa shape index (κ1) is 23.7. The van der Waals surface area contributed by atoms with Gasteiger partial charge in [0, 0.05) is 5.75 Å². The Morgan fingerprint density at radius 2 is 1.67 bits per heavy atom. The molecule has 1 aliphatic heterocycles. The third kappa shape index (κ3) is 6.80. The van der Waals surface area contributed by atoms with Gasteiger partial charge in [-0.2, -0.15) is 0 Å². The summed E-state index contributed by atoms with van der Waals surface area (Å²) in [5, 5.41) is 15.0. The van der Waals surface area contributed by atoms with Crippen LogP contribution in [0.5, 0.6) is 5.75 Å². The molecule has 0 atom stereocenters. The van der Waals surface area contributed by atoms with Crippen LogP contribution in [0.3, 0.4) is 0 Å². The molecule has 0 saturated carbocycles. The number of nitrogens with two attached hydrogens (primary N) is 1. The molecule has 0 amide bonds. The monoisotopic (exact) mass is 487 g/mol. The highest BCUT2D eigenvalue weighted by molar-refractivity contribution is 7.99. The predicted molar refractivity (Wildman–Crippen MR) is 129 cm³/mol. The summed E-state index contributed by atoms with van der Waals surface area (Å²) in [4.78, 5) is 2.53. The van der Waals surface area contributed by atoms with E-state index in [9.17, 15) is 8.42 Å². The summed E-state index contributed by atoms with van der Waals surface area (Å²) < 4.78 is 30.7. The van der Waals surface area contributed by atoms with Gasteiger partial charge in [-0.3, -0.25) is 4.90 Å². The van der Waals surface area contributed by atoms with Gasteiger partial charge in [0.25, 0.3) is 0 Å². The summed E-state index contributed by atoms with van der Waals surface area (Å²) >= 11 is 1.61. The van der Waals surface area contributed by atoms with E-state index < -0.39 is 10.0 Å². The van der Waals surface area contributed by atoms with Crippen molar-refractivity contribution in [3.05, 3.63) is 66.0 Å². The second-order valence-electron chi connectivity index (χ2n) is 8.02. The molecule has 0 spiro atoms. The molecule has 3 aromatic rings. The van der Waals surface area contributed by atoms with E-state index in [1.165, 1.54) is 37.0 Å². The molecule has 0 radical (unpaired) electrons. The van der Waals surface area contributed by atoms with Crippen LogP contribution < -0.4 is 9.88 Å². The summed E-state index contributed by atoms with van der Waals surface area (Å²) in [6, 6.07) is 16.5. The second kappa shape index (κ2) is 11.1. The van der Waals surface area contributed by atoms with Gasteiger partial charge in [0.05, 0.1) is 24.6 Å². The molecule has 176 valence electrons. The second-order valence-corrected chi connectivity index (χ2v) is 10.6. The van der Waals surface area contributed by atoms with E-state index in [1.807, 2.05) is 18.2 Å². The quantitative estimate of drug-likeness (QED) is 0.346. The highest BCUT2D eigenvalue weighted by Crippen LogP contribution is 2.22. The first-order chi connectivity index (χ1) is 16.0. The normalized spacial score (nSPS) is 14.9. The minimum Gasteiger partial charge on any atom is -0.493 e. The lowest BCUT2D eigenvalue weighted by molar-refractivity contribution is 0.213. The third-order valence-electron chi connectivity index (χ3n) is 5.53. The maximum atomic E-state index is 11.4. The fraction of sp³-hybridized carbons (Fsp3) is 0.391. The minimum atomic E-state index is -3.70. The van der Waals surface area contributed by atoms with Gasteiger partial charge in [-0.25, -0.2) is 13.6 Å². The van der Waals surface area contributed by atoms with E-state index in [0.29, 0.717) is 18.1 Å². The summed E-state index contributed by atoms with van der Waals surface area (Å²) in [5.74, 6) is 2.27. The number of rotatable bonds is 10. The summed E-state index contributed by atoms with van der Waals surface area (Å²) in [7, 11) is -3.70. The fourth-order valence-corrected chi connectivity index (χ4v) is 5.09. The van der Waals surface area contributed by atoms with E-state index >= 15 is 0 Å². The minimum absolute atomic E-state index is 0.0690. The average Bonchev–Trinajstić information content (AvgIpc) is 3.18. The molecule has 1 aliphatic rings. The van der Waals surface area contributed by atoms with Gasteiger partial charge >= 0.3 is 0 Å². The van der Waals surface area contributed by atoms with Crippen molar-refractivity contribution in [1.29, 1.82) is 0 Å². The van der Waals surface area contributed by atoms with Crippen LogP contribution in [0.1, 0.15) is 30.7 Å². The van der Waals surface area contributed by atoms with Crippen LogP contribution in [0, 0.1) is 0 Å². The van der Waals surface area contributed by atoms with Gasteiger partial charge in [0.2, 0.25) is 10.0 Å². The molecule has 33 heavy (non-hydrogen) atoms. The molecule has 0 bridgehead atoms. The van der Waals surface area contributed by atoms with Crippen molar-refractivity contribution in [2.24, 2.45) is 5.14 Å². The number of thioether (sulfide) groups is 1. The van der Waals surface area contributed by atoms with E-state index in [2.05, 4.69) is 31.8 Å². The molecule has 0 aliphatic carbocycles. The molecule has 1 saturated heterocycles. The number of hydrogen-bond acceptors (Lipinski definition) is 7. The Hall–Kier alpha value is -2.40.